The molecule has 2 aromatic carbocycles. The van der Waals surface area contributed by atoms with Crippen LogP contribution in [0.3, 0.4) is 0 Å². The maximum atomic E-state index is 12.2. The molecule has 0 bridgehead atoms. The van der Waals surface area contributed by atoms with Crippen molar-refractivity contribution in [2.24, 2.45) is 0 Å². The Morgan fingerprint density at radius 3 is 2.55 bits per heavy atom. The highest BCUT2D eigenvalue weighted by atomic mass is 32.1. The van der Waals surface area contributed by atoms with Gasteiger partial charge in [0.05, 0.1) is 27.4 Å². The van der Waals surface area contributed by atoms with Crippen molar-refractivity contribution in [1.29, 1.82) is 0 Å². The van der Waals surface area contributed by atoms with E-state index in [0.717, 1.165) is 48.6 Å². The van der Waals surface area contributed by atoms with E-state index in [1.807, 2.05) is 18.2 Å². The summed E-state index contributed by atoms with van der Waals surface area (Å²) in [6, 6.07) is 16.7. The number of amides is 1. The number of aryl methyl sites for hydroxylation is 1. The average Bonchev–Trinajstić information content (AvgIpc) is 3.15. The molecule has 1 aromatic heterocycles. The normalized spacial score (nSPS) is 19.5. The van der Waals surface area contributed by atoms with Crippen molar-refractivity contribution in [3.8, 4) is 0 Å². The number of rotatable bonds is 8. The Morgan fingerprint density at radius 2 is 1.81 bits per heavy atom. The number of fused-ring (bicyclic) bond motifs is 1. The third kappa shape index (κ3) is 6.35. The molecule has 1 aliphatic rings. The Balaban J connectivity index is 1.17. The van der Waals surface area contributed by atoms with E-state index < -0.39 is 0 Å². The van der Waals surface area contributed by atoms with Crippen molar-refractivity contribution in [3.05, 3.63) is 64.7 Å². The van der Waals surface area contributed by atoms with Crippen LogP contribution in [0.25, 0.3) is 10.2 Å². The summed E-state index contributed by atoms with van der Waals surface area (Å²) in [6.45, 7) is 7.72. The first-order valence-electron chi connectivity index (χ1n) is 11.1. The lowest BCUT2D eigenvalue weighted by atomic mass is 10.1. The van der Waals surface area contributed by atoms with Crippen molar-refractivity contribution in [2.45, 2.75) is 58.4 Å². The molecule has 5 nitrogen and oxygen atoms in total. The number of hydrogen-bond acceptors (Lipinski definition) is 5. The molecule has 1 fully saturated rings. The number of aromatic nitrogens is 1. The number of hydrogen-bond donors (Lipinski definition) is 1. The van der Waals surface area contributed by atoms with Crippen LogP contribution in [-0.4, -0.2) is 41.1 Å². The van der Waals surface area contributed by atoms with Crippen molar-refractivity contribution < 1.29 is 9.53 Å². The Kier molecular flexibility index (Phi) is 7.33. The highest BCUT2D eigenvalue weighted by Gasteiger charge is 2.21. The monoisotopic (exact) mass is 437 g/mol. The van der Waals surface area contributed by atoms with Gasteiger partial charge in [0.2, 0.25) is 5.91 Å². The van der Waals surface area contributed by atoms with E-state index in [4.69, 9.17) is 4.74 Å². The summed E-state index contributed by atoms with van der Waals surface area (Å²) < 4.78 is 7.02. The van der Waals surface area contributed by atoms with Gasteiger partial charge in [-0.05, 0) is 49.9 Å². The predicted octanol–water partition coefficient (Wildman–Crippen LogP) is 4.54. The lowest BCUT2D eigenvalue weighted by molar-refractivity contribution is -0.121. The topological polar surface area (TPSA) is 54.5 Å². The first-order chi connectivity index (χ1) is 15.0. The van der Waals surface area contributed by atoms with Crippen LogP contribution in [0.4, 0.5) is 0 Å². The predicted molar refractivity (Wildman–Crippen MR) is 126 cm³/mol. The maximum absolute atomic E-state index is 12.2. The second kappa shape index (κ2) is 10.4. The van der Waals surface area contributed by atoms with Crippen LogP contribution in [0.1, 0.15) is 42.8 Å². The Bertz CT molecular complexity index is 958. The smallest absolute Gasteiger partial charge is 0.220 e. The molecule has 0 spiro atoms. The summed E-state index contributed by atoms with van der Waals surface area (Å²) in [4.78, 5) is 19.3. The molecule has 2 heterocycles. The van der Waals surface area contributed by atoms with Gasteiger partial charge < -0.3 is 10.1 Å². The van der Waals surface area contributed by atoms with Crippen molar-refractivity contribution in [1.82, 2.24) is 15.2 Å². The van der Waals surface area contributed by atoms with Crippen LogP contribution in [0.2, 0.25) is 0 Å². The molecule has 0 aliphatic carbocycles. The van der Waals surface area contributed by atoms with Crippen LogP contribution >= 0.6 is 11.3 Å². The summed E-state index contributed by atoms with van der Waals surface area (Å²) in [5.41, 5.74) is 3.48. The van der Waals surface area contributed by atoms with Crippen molar-refractivity contribution in [2.75, 3.05) is 13.1 Å². The fourth-order valence-electron chi connectivity index (χ4n) is 4.15. The standard InChI is InChI=1S/C25H31N3O2S/c1-18-15-28(16-19(2)30-18)17-21-12-10-20(11-13-21)14-26-24(29)8-5-9-25-27-22-6-3-4-7-23(22)31-25/h3-4,6-7,10-13,18-19H,5,8-9,14-17H2,1-2H3,(H,26,29). The van der Waals surface area contributed by atoms with Gasteiger partial charge in [0.15, 0.2) is 0 Å². The van der Waals surface area contributed by atoms with Gasteiger partial charge >= 0.3 is 0 Å². The van der Waals surface area contributed by atoms with Crippen molar-refractivity contribution >= 4 is 27.5 Å². The quantitative estimate of drug-likeness (QED) is 0.562. The van der Waals surface area contributed by atoms with E-state index in [0.29, 0.717) is 13.0 Å². The van der Waals surface area contributed by atoms with Crippen LogP contribution in [0.5, 0.6) is 0 Å². The average molecular weight is 438 g/mol. The summed E-state index contributed by atoms with van der Waals surface area (Å²) in [7, 11) is 0. The van der Waals surface area contributed by atoms with Gasteiger partial charge in [-0.3, -0.25) is 9.69 Å². The van der Waals surface area contributed by atoms with Gasteiger partial charge in [-0.1, -0.05) is 36.4 Å². The minimum Gasteiger partial charge on any atom is -0.373 e. The number of para-hydroxylation sites is 1. The second-order valence-electron chi connectivity index (χ2n) is 8.47. The summed E-state index contributed by atoms with van der Waals surface area (Å²) in [6.07, 6.45) is 2.77. The lowest BCUT2D eigenvalue weighted by Gasteiger charge is -2.35. The molecule has 1 N–H and O–H groups in total. The summed E-state index contributed by atoms with van der Waals surface area (Å²) in [5.74, 6) is 0.0986. The second-order valence-corrected chi connectivity index (χ2v) is 9.59. The fraction of sp³-hybridized carbons (Fsp3) is 0.440. The minimum atomic E-state index is 0.0986. The van der Waals surface area contributed by atoms with E-state index in [1.54, 1.807) is 11.3 Å². The van der Waals surface area contributed by atoms with Crippen LogP contribution in [0, 0.1) is 0 Å². The number of nitrogens with one attached hydrogen (secondary N) is 1. The fourth-order valence-corrected chi connectivity index (χ4v) is 5.16. The number of ether oxygens (including phenoxy) is 1. The largest absolute Gasteiger partial charge is 0.373 e. The molecule has 1 amide bonds. The van der Waals surface area contributed by atoms with Crippen molar-refractivity contribution in [3.63, 3.8) is 0 Å². The number of carbonyl (C=O) groups is 1. The molecular weight excluding hydrogens is 406 g/mol. The van der Waals surface area contributed by atoms with E-state index in [1.165, 1.54) is 10.3 Å². The molecular formula is C25H31N3O2S. The molecule has 2 atom stereocenters. The van der Waals surface area contributed by atoms with Gasteiger partial charge in [0, 0.05) is 32.6 Å². The van der Waals surface area contributed by atoms with Gasteiger partial charge in [-0.2, -0.15) is 0 Å². The molecule has 6 heteroatoms. The molecule has 1 aliphatic heterocycles. The molecule has 0 radical (unpaired) electrons. The van der Waals surface area contributed by atoms with Crippen LogP contribution < -0.4 is 5.32 Å². The number of nitrogens with zero attached hydrogens (tertiary/aromatic N) is 2. The first-order valence-corrected chi connectivity index (χ1v) is 11.9. The lowest BCUT2D eigenvalue weighted by Crippen LogP contribution is -2.44. The molecule has 164 valence electrons. The SMILES string of the molecule is CC1CN(Cc2ccc(CNC(=O)CCCc3nc4ccccc4s3)cc2)CC(C)O1. The summed E-state index contributed by atoms with van der Waals surface area (Å²) in [5, 5.41) is 4.15. The number of morpholine rings is 1. The Hall–Kier alpha value is -2.28. The third-order valence-electron chi connectivity index (χ3n) is 5.55. The molecule has 0 saturated carbocycles. The molecule has 31 heavy (non-hydrogen) atoms. The molecule has 4 rings (SSSR count). The number of benzene rings is 2. The molecule has 3 aromatic rings. The number of thiazole rings is 1. The Morgan fingerprint density at radius 1 is 1.10 bits per heavy atom. The zero-order valence-electron chi connectivity index (χ0n) is 18.3. The molecule has 2 unspecified atom stereocenters. The minimum absolute atomic E-state index is 0.0986. The van der Waals surface area contributed by atoms with E-state index in [2.05, 4.69) is 59.4 Å². The highest BCUT2D eigenvalue weighted by molar-refractivity contribution is 7.18. The zero-order valence-corrected chi connectivity index (χ0v) is 19.2. The van der Waals surface area contributed by atoms with Gasteiger partial charge in [0.1, 0.15) is 0 Å². The van der Waals surface area contributed by atoms with E-state index in [9.17, 15) is 4.79 Å². The van der Waals surface area contributed by atoms with Gasteiger partial charge in [-0.15, -0.1) is 11.3 Å². The van der Waals surface area contributed by atoms with Gasteiger partial charge in [-0.25, -0.2) is 4.98 Å². The molecule has 1 saturated heterocycles. The Labute approximate surface area is 188 Å². The number of carbonyl (C=O) groups excluding carboxylic acids is 1. The van der Waals surface area contributed by atoms with Crippen LogP contribution in [-0.2, 0) is 29.0 Å². The first kappa shape index (κ1) is 21.9. The van der Waals surface area contributed by atoms with Gasteiger partial charge in [0.25, 0.3) is 0 Å². The maximum Gasteiger partial charge on any atom is 0.220 e. The van der Waals surface area contributed by atoms with E-state index >= 15 is 0 Å². The summed E-state index contributed by atoms with van der Waals surface area (Å²) >= 11 is 1.72. The third-order valence-corrected chi connectivity index (χ3v) is 6.64. The zero-order chi connectivity index (χ0) is 21.6. The highest BCUT2D eigenvalue weighted by Crippen LogP contribution is 2.22. The van der Waals surface area contributed by atoms with Crippen LogP contribution in [0.15, 0.2) is 48.5 Å². The van der Waals surface area contributed by atoms with E-state index in [-0.39, 0.29) is 18.1 Å².